The van der Waals surface area contributed by atoms with Gasteiger partial charge in [0.1, 0.15) is 5.75 Å². The van der Waals surface area contributed by atoms with Gasteiger partial charge in [-0.1, -0.05) is 0 Å². The molecule has 0 aliphatic carbocycles. The number of aliphatic hydroxyl groups is 1. The van der Waals surface area contributed by atoms with E-state index in [1.807, 2.05) is 0 Å². The number of rotatable bonds is 6. The molecule has 0 atom stereocenters. The Balaban J connectivity index is 2.84. The maximum absolute atomic E-state index is 8.79. The van der Waals surface area contributed by atoms with Crippen molar-refractivity contribution in [2.75, 3.05) is 32.2 Å². The first-order valence-electron chi connectivity index (χ1n) is 6.07. The predicted octanol–water partition coefficient (Wildman–Crippen LogP) is 2.52. The lowest BCUT2D eigenvalue weighted by atomic mass is 10.1. The number of hydrogen-bond donors (Lipinski definition) is 1. The number of methoxy groups -OCH3 is 1. The molecule has 0 aliphatic heterocycles. The third kappa shape index (κ3) is 3.63. The summed E-state index contributed by atoms with van der Waals surface area (Å²) in [7, 11) is 3.76. The molecule has 3 heteroatoms. The summed E-state index contributed by atoms with van der Waals surface area (Å²) in [5.41, 5.74) is 3.64. The van der Waals surface area contributed by atoms with Gasteiger partial charge in [0, 0.05) is 20.2 Å². The third-order valence-electron chi connectivity index (χ3n) is 3.11. The van der Waals surface area contributed by atoms with Crippen LogP contribution in [0, 0.1) is 13.8 Å². The average molecular weight is 237 g/mol. The first-order chi connectivity index (χ1) is 8.10. The molecule has 0 unspecified atom stereocenters. The summed E-state index contributed by atoms with van der Waals surface area (Å²) >= 11 is 0. The average Bonchev–Trinajstić information content (AvgIpc) is 2.32. The number of unbranched alkanes of at least 4 members (excludes halogenated alkanes) is 1. The minimum absolute atomic E-state index is 0.262. The molecule has 0 saturated heterocycles. The molecule has 1 rings (SSSR count). The van der Waals surface area contributed by atoms with Crippen molar-refractivity contribution in [3.05, 3.63) is 23.3 Å². The largest absolute Gasteiger partial charge is 0.495 e. The second-order valence-electron chi connectivity index (χ2n) is 4.46. The van der Waals surface area contributed by atoms with Gasteiger partial charge in [-0.05, 0) is 49.9 Å². The van der Waals surface area contributed by atoms with Crippen LogP contribution >= 0.6 is 0 Å². The first-order valence-corrected chi connectivity index (χ1v) is 6.07. The van der Waals surface area contributed by atoms with E-state index >= 15 is 0 Å². The van der Waals surface area contributed by atoms with Crippen molar-refractivity contribution in [2.24, 2.45) is 0 Å². The molecular weight excluding hydrogens is 214 g/mol. The number of ether oxygens (including phenoxy) is 1. The van der Waals surface area contributed by atoms with Crippen molar-refractivity contribution in [3.63, 3.8) is 0 Å². The number of benzene rings is 1. The lowest BCUT2D eigenvalue weighted by molar-refractivity contribution is 0.285. The first kappa shape index (κ1) is 13.8. The molecule has 0 aromatic heterocycles. The van der Waals surface area contributed by atoms with E-state index < -0.39 is 0 Å². The molecule has 1 aromatic rings. The number of aryl methyl sites for hydroxylation is 2. The van der Waals surface area contributed by atoms with Gasteiger partial charge >= 0.3 is 0 Å². The van der Waals surface area contributed by atoms with E-state index in [-0.39, 0.29) is 6.61 Å². The van der Waals surface area contributed by atoms with E-state index in [1.54, 1.807) is 7.11 Å². The van der Waals surface area contributed by atoms with Gasteiger partial charge in [-0.25, -0.2) is 0 Å². The molecule has 0 bridgehead atoms. The SMILES string of the molecule is COc1cc(C)c(C)cc1N(C)CCCCO. The van der Waals surface area contributed by atoms with Gasteiger partial charge in [-0.3, -0.25) is 0 Å². The maximum Gasteiger partial charge on any atom is 0.142 e. The summed E-state index contributed by atoms with van der Waals surface area (Å²) in [5.74, 6) is 0.916. The van der Waals surface area contributed by atoms with Crippen LogP contribution in [-0.2, 0) is 0 Å². The minimum atomic E-state index is 0.262. The fraction of sp³-hybridized carbons (Fsp3) is 0.571. The van der Waals surface area contributed by atoms with Gasteiger partial charge in [0.25, 0.3) is 0 Å². The topological polar surface area (TPSA) is 32.7 Å². The quantitative estimate of drug-likeness (QED) is 0.772. The van der Waals surface area contributed by atoms with E-state index in [2.05, 4.69) is 37.9 Å². The van der Waals surface area contributed by atoms with Crippen molar-refractivity contribution in [3.8, 4) is 5.75 Å². The molecule has 1 N–H and O–H groups in total. The van der Waals surface area contributed by atoms with E-state index in [4.69, 9.17) is 9.84 Å². The summed E-state index contributed by atoms with van der Waals surface area (Å²) in [6.45, 7) is 5.39. The van der Waals surface area contributed by atoms with E-state index in [0.717, 1.165) is 30.8 Å². The fourth-order valence-corrected chi connectivity index (χ4v) is 1.82. The van der Waals surface area contributed by atoms with Gasteiger partial charge in [0.2, 0.25) is 0 Å². The molecule has 3 nitrogen and oxygen atoms in total. The van der Waals surface area contributed by atoms with Crippen LogP contribution in [0.15, 0.2) is 12.1 Å². The monoisotopic (exact) mass is 237 g/mol. The van der Waals surface area contributed by atoms with Gasteiger partial charge < -0.3 is 14.7 Å². The molecule has 0 aliphatic rings. The standard InChI is InChI=1S/C14H23NO2/c1-11-9-13(14(17-4)10-12(11)2)15(3)7-5-6-8-16/h9-10,16H,5-8H2,1-4H3. The third-order valence-corrected chi connectivity index (χ3v) is 3.11. The normalized spacial score (nSPS) is 10.4. The Labute approximate surface area is 104 Å². The van der Waals surface area contributed by atoms with Crippen LogP contribution in [-0.4, -0.2) is 32.4 Å². The minimum Gasteiger partial charge on any atom is -0.495 e. The Morgan fingerprint density at radius 2 is 1.82 bits per heavy atom. The van der Waals surface area contributed by atoms with Gasteiger partial charge in [0.15, 0.2) is 0 Å². The Morgan fingerprint density at radius 1 is 1.18 bits per heavy atom. The Morgan fingerprint density at radius 3 is 2.41 bits per heavy atom. The molecule has 17 heavy (non-hydrogen) atoms. The number of aliphatic hydroxyl groups excluding tert-OH is 1. The van der Waals surface area contributed by atoms with Crippen LogP contribution in [0.25, 0.3) is 0 Å². The van der Waals surface area contributed by atoms with Crippen molar-refractivity contribution in [2.45, 2.75) is 26.7 Å². The van der Waals surface area contributed by atoms with Gasteiger partial charge in [0.05, 0.1) is 12.8 Å². The van der Waals surface area contributed by atoms with Crippen LogP contribution in [0.2, 0.25) is 0 Å². The van der Waals surface area contributed by atoms with Gasteiger partial charge in [-0.15, -0.1) is 0 Å². The number of anilines is 1. The molecular formula is C14H23NO2. The maximum atomic E-state index is 8.79. The van der Waals surface area contributed by atoms with E-state index in [1.165, 1.54) is 11.1 Å². The number of nitrogens with zero attached hydrogens (tertiary/aromatic N) is 1. The highest BCUT2D eigenvalue weighted by atomic mass is 16.5. The van der Waals surface area contributed by atoms with Crippen molar-refractivity contribution < 1.29 is 9.84 Å². The second kappa shape index (κ2) is 6.50. The Bertz CT molecular complexity index is 363. The molecule has 0 saturated carbocycles. The van der Waals surface area contributed by atoms with Crippen LogP contribution in [0.4, 0.5) is 5.69 Å². The van der Waals surface area contributed by atoms with Crippen LogP contribution in [0.1, 0.15) is 24.0 Å². The summed E-state index contributed by atoms with van der Waals surface area (Å²) in [6.07, 6.45) is 1.83. The molecule has 1 aromatic carbocycles. The van der Waals surface area contributed by atoms with E-state index in [9.17, 15) is 0 Å². The zero-order chi connectivity index (χ0) is 12.8. The highest BCUT2D eigenvalue weighted by Crippen LogP contribution is 2.30. The Hall–Kier alpha value is -1.22. The zero-order valence-electron chi connectivity index (χ0n) is 11.3. The van der Waals surface area contributed by atoms with E-state index in [0.29, 0.717) is 0 Å². The summed E-state index contributed by atoms with van der Waals surface area (Å²) in [4.78, 5) is 2.18. The Kier molecular flexibility index (Phi) is 5.29. The van der Waals surface area contributed by atoms with Crippen LogP contribution < -0.4 is 9.64 Å². The van der Waals surface area contributed by atoms with Crippen molar-refractivity contribution in [1.29, 1.82) is 0 Å². The summed E-state index contributed by atoms with van der Waals surface area (Å²) in [5, 5.41) is 8.79. The second-order valence-corrected chi connectivity index (χ2v) is 4.46. The van der Waals surface area contributed by atoms with Crippen molar-refractivity contribution in [1.82, 2.24) is 0 Å². The zero-order valence-corrected chi connectivity index (χ0v) is 11.3. The smallest absolute Gasteiger partial charge is 0.142 e. The van der Waals surface area contributed by atoms with Crippen molar-refractivity contribution >= 4 is 5.69 Å². The molecule has 0 heterocycles. The van der Waals surface area contributed by atoms with Crippen LogP contribution in [0.3, 0.4) is 0 Å². The predicted molar refractivity (Wildman–Crippen MR) is 72.1 cm³/mol. The molecule has 0 fully saturated rings. The fourth-order valence-electron chi connectivity index (χ4n) is 1.82. The highest BCUT2D eigenvalue weighted by Gasteiger charge is 2.09. The lowest BCUT2D eigenvalue weighted by Crippen LogP contribution is -2.19. The van der Waals surface area contributed by atoms with Gasteiger partial charge in [-0.2, -0.15) is 0 Å². The lowest BCUT2D eigenvalue weighted by Gasteiger charge is -2.23. The molecule has 96 valence electrons. The molecule has 0 radical (unpaired) electrons. The summed E-state index contributed by atoms with van der Waals surface area (Å²) < 4.78 is 5.42. The summed E-state index contributed by atoms with van der Waals surface area (Å²) in [6, 6.07) is 4.24. The highest BCUT2D eigenvalue weighted by molar-refractivity contribution is 5.61. The van der Waals surface area contributed by atoms with Crippen LogP contribution in [0.5, 0.6) is 5.75 Å². The number of hydrogen-bond acceptors (Lipinski definition) is 3. The molecule has 0 amide bonds. The molecule has 0 spiro atoms.